The van der Waals surface area contributed by atoms with Crippen molar-refractivity contribution in [2.45, 2.75) is 0 Å². The Hall–Kier alpha value is -2.02. The Bertz CT molecular complexity index is 618. The van der Waals surface area contributed by atoms with Crippen LogP contribution in [0.4, 0.5) is 5.82 Å². The van der Waals surface area contributed by atoms with Crippen LogP contribution in [0.15, 0.2) is 29.5 Å². The first-order valence-electron chi connectivity index (χ1n) is 6.99. The molecule has 2 saturated heterocycles. The number of carbonyl (C=O) groups excluding carboxylic acids is 1. The maximum atomic E-state index is 12.3. The first-order chi connectivity index (χ1) is 10.3. The molecule has 4 rings (SSSR count). The molecule has 2 aliphatic heterocycles. The zero-order chi connectivity index (χ0) is 14.2. The van der Waals surface area contributed by atoms with E-state index in [-0.39, 0.29) is 5.91 Å². The highest BCUT2D eigenvalue weighted by Crippen LogP contribution is 2.33. The van der Waals surface area contributed by atoms with Crippen LogP contribution in [0.2, 0.25) is 0 Å². The average Bonchev–Trinajstić information content (AvgIpc) is 3.23. The molecule has 21 heavy (non-hydrogen) atoms. The van der Waals surface area contributed by atoms with Crippen molar-refractivity contribution >= 4 is 23.1 Å². The van der Waals surface area contributed by atoms with E-state index in [9.17, 15) is 4.79 Å². The van der Waals surface area contributed by atoms with Gasteiger partial charge in [0, 0.05) is 55.8 Å². The van der Waals surface area contributed by atoms with Gasteiger partial charge in [-0.1, -0.05) is 0 Å². The number of anilines is 1. The van der Waals surface area contributed by atoms with Crippen LogP contribution in [0.1, 0.15) is 10.5 Å². The highest BCUT2D eigenvalue weighted by Gasteiger charge is 2.42. The van der Waals surface area contributed by atoms with Crippen LogP contribution in [0.5, 0.6) is 0 Å². The van der Waals surface area contributed by atoms with Crippen molar-refractivity contribution in [3.63, 3.8) is 0 Å². The lowest BCUT2D eigenvalue weighted by Crippen LogP contribution is -2.33. The predicted molar refractivity (Wildman–Crippen MR) is 79.2 cm³/mol. The summed E-state index contributed by atoms with van der Waals surface area (Å²) in [7, 11) is 0. The summed E-state index contributed by atoms with van der Waals surface area (Å²) in [6.45, 7) is 3.53. The normalized spacial score (nSPS) is 24.4. The minimum absolute atomic E-state index is 0.0664. The van der Waals surface area contributed by atoms with Gasteiger partial charge in [0.05, 0.1) is 11.7 Å². The molecule has 2 fully saturated rings. The number of carbonyl (C=O) groups is 1. The van der Waals surface area contributed by atoms with Gasteiger partial charge in [-0.3, -0.25) is 9.78 Å². The number of rotatable bonds is 2. The topological polar surface area (TPSA) is 62.2 Å². The fourth-order valence-corrected chi connectivity index (χ4v) is 3.81. The van der Waals surface area contributed by atoms with Crippen LogP contribution < -0.4 is 4.90 Å². The summed E-state index contributed by atoms with van der Waals surface area (Å²) in [5, 5.41) is 1.82. The molecule has 1 amide bonds. The Morgan fingerprint density at radius 2 is 1.95 bits per heavy atom. The summed E-state index contributed by atoms with van der Waals surface area (Å²) in [6, 6.07) is 0. The smallest absolute Gasteiger partial charge is 0.273 e. The van der Waals surface area contributed by atoms with Crippen molar-refractivity contribution in [2.75, 3.05) is 31.1 Å². The van der Waals surface area contributed by atoms with E-state index in [1.807, 2.05) is 10.3 Å². The molecule has 0 aliphatic carbocycles. The van der Waals surface area contributed by atoms with Crippen LogP contribution >= 0.6 is 11.3 Å². The van der Waals surface area contributed by atoms with Crippen LogP contribution in [0, 0.1) is 11.8 Å². The SMILES string of the molecule is O=C(c1cscn1)N1CC2CN(c3cnccn3)CC2C1. The Balaban J connectivity index is 1.43. The van der Waals surface area contributed by atoms with Gasteiger partial charge in [0.2, 0.25) is 0 Å². The maximum absolute atomic E-state index is 12.3. The summed E-state index contributed by atoms with van der Waals surface area (Å²) in [5.41, 5.74) is 2.28. The van der Waals surface area contributed by atoms with Gasteiger partial charge in [0.25, 0.3) is 5.91 Å². The van der Waals surface area contributed by atoms with Crippen LogP contribution in [0.3, 0.4) is 0 Å². The minimum atomic E-state index is 0.0664. The van der Waals surface area contributed by atoms with Crippen molar-refractivity contribution < 1.29 is 4.79 Å². The van der Waals surface area contributed by atoms with E-state index < -0.39 is 0 Å². The summed E-state index contributed by atoms with van der Waals surface area (Å²) in [5.74, 6) is 2.05. The predicted octanol–water partition coefficient (Wildman–Crippen LogP) is 1.14. The van der Waals surface area contributed by atoms with Crippen molar-refractivity contribution in [3.8, 4) is 0 Å². The molecule has 2 aromatic rings. The molecule has 2 aliphatic rings. The number of amides is 1. The molecule has 0 N–H and O–H groups in total. The third-order valence-corrected chi connectivity index (χ3v) is 4.88. The van der Waals surface area contributed by atoms with E-state index in [1.165, 1.54) is 11.3 Å². The van der Waals surface area contributed by atoms with Gasteiger partial charge in [-0.25, -0.2) is 9.97 Å². The molecule has 108 valence electrons. The summed E-state index contributed by atoms with van der Waals surface area (Å²) < 4.78 is 0. The molecule has 2 aromatic heterocycles. The van der Waals surface area contributed by atoms with E-state index in [2.05, 4.69) is 19.9 Å². The highest BCUT2D eigenvalue weighted by molar-refractivity contribution is 7.07. The molecular formula is C14H15N5OS. The number of hydrogen-bond acceptors (Lipinski definition) is 6. The van der Waals surface area contributed by atoms with Crippen LogP contribution in [-0.4, -0.2) is 51.9 Å². The molecular weight excluding hydrogens is 286 g/mol. The van der Waals surface area contributed by atoms with Crippen molar-refractivity contribution in [1.82, 2.24) is 19.9 Å². The Labute approximate surface area is 126 Å². The average molecular weight is 301 g/mol. The molecule has 7 heteroatoms. The third-order valence-electron chi connectivity index (χ3n) is 4.30. The number of likely N-dealkylation sites (tertiary alicyclic amines) is 1. The highest BCUT2D eigenvalue weighted by atomic mass is 32.1. The monoisotopic (exact) mass is 301 g/mol. The zero-order valence-corrected chi connectivity index (χ0v) is 12.2. The van der Waals surface area contributed by atoms with Gasteiger partial charge < -0.3 is 9.80 Å². The lowest BCUT2D eigenvalue weighted by molar-refractivity contribution is 0.0777. The molecule has 6 nitrogen and oxygen atoms in total. The molecule has 0 bridgehead atoms. The van der Waals surface area contributed by atoms with E-state index in [0.717, 1.165) is 32.0 Å². The van der Waals surface area contributed by atoms with Gasteiger partial charge in [-0.05, 0) is 0 Å². The van der Waals surface area contributed by atoms with E-state index in [4.69, 9.17) is 0 Å². The van der Waals surface area contributed by atoms with E-state index in [0.29, 0.717) is 17.5 Å². The number of nitrogens with zero attached hydrogens (tertiary/aromatic N) is 5. The second-order valence-corrected chi connectivity index (χ2v) is 6.29. The van der Waals surface area contributed by atoms with Gasteiger partial charge >= 0.3 is 0 Å². The van der Waals surface area contributed by atoms with E-state index >= 15 is 0 Å². The molecule has 0 spiro atoms. The van der Waals surface area contributed by atoms with Gasteiger partial charge in [-0.15, -0.1) is 11.3 Å². The molecule has 4 heterocycles. The van der Waals surface area contributed by atoms with Crippen LogP contribution in [0.25, 0.3) is 0 Å². The lowest BCUT2D eigenvalue weighted by Gasteiger charge is -2.21. The standard InChI is InChI=1S/C14H15N5OS/c20-14(12-8-21-9-17-12)19-6-10-4-18(5-11(10)7-19)13-3-15-1-2-16-13/h1-3,8-11H,4-7H2. The quantitative estimate of drug-likeness (QED) is 0.832. The third kappa shape index (κ3) is 2.27. The molecule has 2 unspecified atom stereocenters. The first-order valence-corrected chi connectivity index (χ1v) is 7.94. The van der Waals surface area contributed by atoms with Crippen molar-refractivity contribution in [3.05, 3.63) is 35.2 Å². The second kappa shape index (κ2) is 5.07. The Kier molecular flexibility index (Phi) is 3.07. The van der Waals surface area contributed by atoms with Crippen molar-refractivity contribution in [1.29, 1.82) is 0 Å². The largest absolute Gasteiger partial charge is 0.355 e. The van der Waals surface area contributed by atoms with Crippen LogP contribution in [-0.2, 0) is 0 Å². The summed E-state index contributed by atoms with van der Waals surface area (Å²) in [4.78, 5) is 29.1. The number of aromatic nitrogens is 3. The fourth-order valence-electron chi connectivity index (χ4n) is 3.28. The Morgan fingerprint density at radius 3 is 2.57 bits per heavy atom. The van der Waals surface area contributed by atoms with Crippen molar-refractivity contribution in [2.24, 2.45) is 11.8 Å². The summed E-state index contributed by atoms with van der Waals surface area (Å²) >= 11 is 1.46. The second-order valence-electron chi connectivity index (χ2n) is 5.57. The Morgan fingerprint density at radius 1 is 1.14 bits per heavy atom. The zero-order valence-electron chi connectivity index (χ0n) is 11.4. The number of hydrogen-bond donors (Lipinski definition) is 0. The maximum Gasteiger partial charge on any atom is 0.273 e. The fraction of sp³-hybridized carbons (Fsp3) is 0.429. The number of thiazole rings is 1. The van der Waals surface area contributed by atoms with Gasteiger partial charge in [-0.2, -0.15) is 0 Å². The molecule has 0 radical (unpaired) electrons. The molecule has 0 saturated carbocycles. The minimum Gasteiger partial charge on any atom is -0.355 e. The van der Waals surface area contributed by atoms with E-state index in [1.54, 1.807) is 24.1 Å². The van der Waals surface area contributed by atoms with Gasteiger partial charge in [0.1, 0.15) is 11.5 Å². The summed E-state index contributed by atoms with van der Waals surface area (Å²) in [6.07, 6.45) is 5.22. The van der Waals surface area contributed by atoms with Gasteiger partial charge in [0.15, 0.2) is 0 Å². The molecule has 0 aromatic carbocycles. The number of fused-ring (bicyclic) bond motifs is 1. The first kappa shape index (κ1) is 12.7. The molecule has 2 atom stereocenters. The lowest BCUT2D eigenvalue weighted by atomic mass is 10.0.